The minimum Gasteiger partial charge on any atom is -0.375 e. The molecule has 0 aromatic heterocycles. The van der Waals surface area contributed by atoms with Crippen LogP contribution in [0.2, 0.25) is 0 Å². The van der Waals surface area contributed by atoms with Gasteiger partial charge in [0.15, 0.2) is 0 Å². The van der Waals surface area contributed by atoms with E-state index in [2.05, 4.69) is 24.1 Å². The molecule has 0 rings (SSSR count). The molecule has 0 atom stereocenters. The Morgan fingerprint density at radius 1 is 1.40 bits per heavy atom. The van der Waals surface area contributed by atoms with E-state index in [0.29, 0.717) is 26.3 Å². The molecule has 4 heteroatoms. The number of amides is 1. The van der Waals surface area contributed by atoms with Crippen molar-refractivity contribution < 1.29 is 9.53 Å². The molecular weight excluding hydrogens is 192 g/mol. The SMILES string of the molecule is C=C(C)COCCNC(=O)CNCCC. The van der Waals surface area contributed by atoms with E-state index in [1.54, 1.807) is 0 Å². The Kier molecular flexibility index (Phi) is 9.11. The molecule has 0 spiro atoms. The van der Waals surface area contributed by atoms with Crippen LogP contribution in [0, 0.1) is 0 Å². The van der Waals surface area contributed by atoms with Gasteiger partial charge in [-0.15, -0.1) is 0 Å². The quantitative estimate of drug-likeness (QED) is 0.439. The van der Waals surface area contributed by atoms with E-state index in [4.69, 9.17) is 4.74 Å². The summed E-state index contributed by atoms with van der Waals surface area (Å²) in [7, 11) is 0. The lowest BCUT2D eigenvalue weighted by Gasteiger charge is -2.06. The Morgan fingerprint density at radius 3 is 2.73 bits per heavy atom. The van der Waals surface area contributed by atoms with Crippen molar-refractivity contribution in [3.05, 3.63) is 12.2 Å². The fourth-order valence-electron chi connectivity index (χ4n) is 0.950. The topological polar surface area (TPSA) is 50.4 Å². The second-order valence-electron chi connectivity index (χ2n) is 3.54. The van der Waals surface area contributed by atoms with Crippen LogP contribution in [0.5, 0.6) is 0 Å². The molecule has 0 radical (unpaired) electrons. The van der Waals surface area contributed by atoms with Gasteiger partial charge >= 0.3 is 0 Å². The van der Waals surface area contributed by atoms with Crippen molar-refractivity contribution in [3.63, 3.8) is 0 Å². The molecule has 0 aromatic carbocycles. The summed E-state index contributed by atoms with van der Waals surface area (Å²) >= 11 is 0. The van der Waals surface area contributed by atoms with Gasteiger partial charge in [-0.2, -0.15) is 0 Å². The highest BCUT2D eigenvalue weighted by Crippen LogP contribution is 1.86. The lowest BCUT2D eigenvalue weighted by atomic mass is 10.4. The molecule has 4 nitrogen and oxygen atoms in total. The zero-order valence-corrected chi connectivity index (χ0v) is 9.77. The van der Waals surface area contributed by atoms with Crippen LogP contribution in [0.25, 0.3) is 0 Å². The summed E-state index contributed by atoms with van der Waals surface area (Å²) in [6, 6.07) is 0. The van der Waals surface area contributed by atoms with Crippen molar-refractivity contribution in [2.75, 3.05) is 32.8 Å². The molecule has 2 N–H and O–H groups in total. The van der Waals surface area contributed by atoms with E-state index >= 15 is 0 Å². The Hall–Kier alpha value is -0.870. The fourth-order valence-corrected chi connectivity index (χ4v) is 0.950. The maximum atomic E-state index is 11.2. The lowest BCUT2D eigenvalue weighted by molar-refractivity contribution is -0.120. The van der Waals surface area contributed by atoms with Gasteiger partial charge < -0.3 is 15.4 Å². The average Bonchev–Trinajstić information content (AvgIpc) is 2.17. The third-order valence-electron chi connectivity index (χ3n) is 1.63. The van der Waals surface area contributed by atoms with Crippen LogP contribution in [-0.2, 0) is 9.53 Å². The molecule has 0 fully saturated rings. The number of nitrogens with one attached hydrogen (secondary N) is 2. The van der Waals surface area contributed by atoms with Gasteiger partial charge in [0, 0.05) is 6.54 Å². The van der Waals surface area contributed by atoms with Crippen LogP contribution in [0.15, 0.2) is 12.2 Å². The predicted octanol–water partition coefficient (Wildman–Crippen LogP) is 0.695. The van der Waals surface area contributed by atoms with Crippen molar-refractivity contribution >= 4 is 5.91 Å². The summed E-state index contributed by atoms with van der Waals surface area (Å²) in [5, 5.41) is 5.79. The molecule has 0 aliphatic rings. The molecular formula is C11H22N2O2. The van der Waals surface area contributed by atoms with Crippen molar-refractivity contribution in [1.29, 1.82) is 0 Å². The Balaban J connectivity index is 3.20. The third-order valence-corrected chi connectivity index (χ3v) is 1.63. The zero-order chi connectivity index (χ0) is 11.5. The van der Waals surface area contributed by atoms with Crippen molar-refractivity contribution in [2.45, 2.75) is 20.3 Å². The van der Waals surface area contributed by atoms with E-state index in [9.17, 15) is 4.79 Å². The van der Waals surface area contributed by atoms with Crippen molar-refractivity contribution in [3.8, 4) is 0 Å². The normalized spacial score (nSPS) is 10.0. The van der Waals surface area contributed by atoms with Gasteiger partial charge in [-0.05, 0) is 19.9 Å². The molecule has 15 heavy (non-hydrogen) atoms. The zero-order valence-electron chi connectivity index (χ0n) is 9.77. The van der Waals surface area contributed by atoms with Gasteiger partial charge in [0.2, 0.25) is 5.91 Å². The van der Waals surface area contributed by atoms with Crippen LogP contribution < -0.4 is 10.6 Å². The van der Waals surface area contributed by atoms with Gasteiger partial charge in [0.1, 0.15) is 0 Å². The summed E-state index contributed by atoms with van der Waals surface area (Å²) < 4.78 is 5.24. The molecule has 0 aromatic rings. The van der Waals surface area contributed by atoms with Crippen LogP contribution in [0.4, 0.5) is 0 Å². The van der Waals surface area contributed by atoms with Crippen molar-refractivity contribution in [2.24, 2.45) is 0 Å². The van der Waals surface area contributed by atoms with Crippen LogP contribution in [0.3, 0.4) is 0 Å². The number of carbonyl (C=O) groups excluding carboxylic acids is 1. The maximum Gasteiger partial charge on any atom is 0.234 e. The summed E-state index contributed by atoms with van der Waals surface area (Å²) in [5.41, 5.74) is 0.992. The summed E-state index contributed by atoms with van der Waals surface area (Å²) in [5.74, 6) is 0.0161. The molecule has 88 valence electrons. The first-order chi connectivity index (χ1) is 7.16. The molecule has 0 aliphatic carbocycles. The first-order valence-electron chi connectivity index (χ1n) is 5.36. The molecule has 0 saturated carbocycles. The predicted molar refractivity (Wildman–Crippen MR) is 61.8 cm³/mol. The smallest absolute Gasteiger partial charge is 0.234 e. The average molecular weight is 214 g/mol. The molecule has 0 unspecified atom stereocenters. The third kappa shape index (κ3) is 11.1. The van der Waals surface area contributed by atoms with E-state index in [0.717, 1.165) is 18.5 Å². The highest BCUT2D eigenvalue weighted by atomic mass is 16.5. The number of hydrogen-bond acceptors (Lipinski definition) is 3. The first kappa shape index (κ1) is 14.1. The van der Waals surface area contributed by atoms with Gasteiger partial charge in [-0.3, -0.25) is 4.79 Å². The van der Waals surface area contributed by atoms with Gasteiger partial charge in [-0.1, -0.05) is 19.1 Å². The second-order valence-corrected chi connectivity index (χ2v) is 3.54. The maximum absolute atomic E-state index is 11.2. The van der Waals surface area contributed by atoms with Gasteiger partial charge in [0.25, 0.3) is 0 Å². The van der Waals surface area contributed by atoms with E-state index in [-0.39, 0.29) is 5.91 Å². The number of rotatable bonds is 9. The van der Waals surface area contributed by atoms with Crippen LogP contribution in [0.1, 0.15) is 20.3 Å². The molecule has 0 heterocycles. The van der Waals surface area contributed by atoms with Gasteiger partial charge in [-0.25, -0.2) is 0 Å². The monoisotopic (exact) mass is 214 g/mol. The van der Waals surface area contributed by atoms with Crippen LogP contribution >= 0.6 is 0 Å². The minimum atomic E-state index is 0.0161. The number of carbonyl (C=O) groups is 1. The van der Waals surface area contributed by atoms with Crippen LogP contribution in [-0.4, -0.2) is 38.8 Å². The Morgan fingerprint density at radius 2 is 2.13 bits per heavy atom. The second kappa shape index (κ2) is 9.68. The Bertz CT molecular complexity index is 193. The van der Waals surface area contributed by atoms with Gasteiger partial charge in [0.05, 0.1) is 19.8 Å². The lowest BCUT2D eigenvalue weighted by Crippen LogP contribution is -2.35. The minimum absolute atomic E-state index is 0.0161. The first-order valence-corrected chi connectivity index (χ1v) is 5.36. The summed E-state index contributed by atoms with van der Waals surface area (Å²) in [6.07, 6.45) is 1.04. The Labute approximate surface area is 92.1 Å². The summed E-state index contributed by atoms with van der Waals surface area (Å²) in [4.78, 5) is 11.2. The largest absolute Gasteiger partial charge is 0.375 e. The van der Waals surface area contributed by atoms with E-state index < -0.39 is 0 Å². The standard InChI is InChI=1S/C11H22N2O2/c1-4-5-12-8-11(14)13-6-7-15-9-10(2)3/h12H,2,4-9H2,1,3H3,(H,13,14). The molecule has 0 aliphatic heterocycles. The highest BCUT2D eigenvalue weighted by molar-refractivity contribution is 5.77. The highest BCUT2D eigenvalue weighted by Gasteiger charge is 1.98. The molecule has 0 bridgehead atoms. The molecule has 0 saturated heterocycles. The summed E-state index contributed by atoms with van der Waals surface area (Å²) in [6.45, 7) is 10.6. The number of ether oxygens (including phenoxy) is 1. The number of hydrogen-bond donors (Lipinski definition) is 2. The fraction of sp³-hybridized carbons (Fsp3) is 0.727. The van der Waals surface area contributed by atoms with E-state index in [1.807, 2.05) is 6.92 Å². The van der Waals surface area contributed by atoms with E-state index in [1.165, 1.54) is 0 Å². The van der Waals surface area contributed by atoms with Crippen molar-refractivity contribution in [1.82, 2.24) is 10.6 Å². The molecule has 1 amide bonds.